The number of fused-ring (bicyclic) bond motifs is 1. The van der Waals surface area contributed by atoms with Crippen LogP contribution in [0.1, 0.15) is 41.7 Å². The summed E-state index contributed by atoms with van der Waals surface area (Å²) in [5, 5.41) is 13.0. The number of hydrogen-bond donors (Lipinski definition) is 2. The van der Waals surface area contributed by atoms with Crippen molar-refractivity contribution in [3.63, 3.8) is 0 Å². The molecule has 2 N–H and O–H groups in total. The Morgan fingerprint density at radius 1 is 1.09 bits per heavy atom. The number of halogens is 1. The number of para-hydroxylation sites is 2. The Kier molecular flexibility index (Phi) is 9.04. The highest BCUT2D eigenvalue weighted by Gasteiger charge is 2.28. The van der Waals surface area contributed by atoms with Gasteiger partial charge in [0, 0.05) is 31.4 Å². The largest absolute Gasteiger partial charge is 0.475 e. The van der Waals surface area contributed by atoms with Gasteiger partial charge in [0.25, 0.3) is 5.91 Å². The Hall–Kier alpha value is -4.42. The summed E-state index contributed by atoms with van der Waals surface area (Å²) in [7, 11) is 0. The minimum Gasteiger partial charge on any atom is -0.475 e. The lowest BCUT2D eigenvalue weighted by Gasteiger charge is -2.32. The van der Waals surface area contributed by atoms with Crippen LogP contribution < -0.4 is 15.7 Å². The lowest BCUT2D eigenvalue weighted by Crippen LogP contribution is -2.50. The van der Waals surface area contributed by atoms with Crippen molar-refractivity contribution >= 4 is 34.6 Å². The van der Waals surface area contributed by atoms with Gasteiger partial charge in [-0.15, -0.1) is 0 Å². The summed E-state index contributed by atoms with van der Waals surface area (Å²) >= 11 is 6.05. The maximum absolute atomic E-state index is 13.8. The summed E-state index contributed by atoms with van der Waals surface area (Å²) < 4.78 is 14.7. The number of pyridine rings is 2. The fourth-order valence-corrected chi connectivity index (χ4v) is 6.36. The average Bonchev–Trinajstić information content (AvgIpc) is 3.33. The Morgan fingerprint density at radius 3 is 2.60 bits per heavy atom. The number of aromatic nitrogens is 4. The highest BCUT2D eigenvalue weighted by atomic mass is 35.5. The van der Waals surface area contributed by atoms with E-state index in [0.29, 0.717) is 47.5 Å². The molecule has 12 nitrogen and oxygen atoms in total. The minimum absolute atomic E-state index is 0.0508. The van der Waals surface area contributed by atoms with E-state index in [2.05, 4.69) is 15.3 Å². The second-order valence-corrected chi connectivity index (χ2v) is 12.0. The Morgan fingerprint density at radius 2 is 1.87 bits per heavy atom. The number of benzene rings is 1. The van der Waals surface area contributed by atoms with Crippen LogP contribution in [-0.2, 0) is 11.3 Å². The molecule has 1 saturated heterocycles. The van der Waals surface area contributed by atoms with Crippen molar-refractivity contribution < 1.29 is 24.2 Å². The van der Waals surface area contributed by atoms with Gasteiger partial charge in [-0.1, -0.05) is 23.7 Å². The molecule has 45 heavy (non-hydrogen) atoms. The van der Waals surface area contributed by atoms with Gasteiger partial charge in [-0.2, -0.15) is 0 Å². The van der Waals surface area contributed by atoms with Crippen LogP contribution in [-0.4, -0.2) is 79.6 Å². The van der Waals surface area contributed by atoms with E-state index in [1.54, 1.807) is 35.9 Å². The second kappa shape index (κ2) is 13.3. The first-order valence-electron chi connectivity index (χ1n) is 15.1. The first-order valence-corrected chi connectivity index (χ1v) is 15.5. The molecular weight excluding hydrogens is 600 g/mol. The van der Waals surface area contributed by atoms with E-state index < -0.39 is 12.1 Å². The smallest absolute Gasteiger partial charge is 0.407 e. The molecule has 2 aliphatic rings. The van der Waals surface area contributed by atoms with Gasteiger partial charge in [0.1, 0.15) is 6.61 Å². The number of morpholine rings is 1. The van der Waals surface area contributed by atoms with Crippen LogP contribution in [0.5, 0.6) is 5.88 Å². The van der Waals surface area contributed by atoms with Crippen molar-refractivity contribution in [1.29, 1.82) is 0 Å². The van der Waals surface area contributed by atoms with Crippen LogP contribution >= 0.6 is 11.6 Å². The Labute approximate surface area is 264 Å². The third-order valence-corrected chi connectivity index (χ3v) is 8.84. The quantitative estimate of drug-likeness (QED) is 0.293. The molecule has 2 amide bonds. The molecule has 1 aliphatic heterocycles. The van der Waals surface area contributed by atoms with E-state index in [4.69, 9.17) is 21.1 Å². The summed E-state index contributed by atoms with van der Waals surface area (Å²) in [6.45, 7) is 3.39. The number of carbonyl (C=O) groups is 2. The van der Waals surface area contributed by atoms with E-state index in [0.717, 1.165) is 36.7 Å². The van der Waals surface area contributed by atoms with Crippen LogP contribution in [0.3, 0.4) is 0 Å². The third-order valence-electron chi connectivity index (χ3n) is 8.63. The van der Waals surface area contributed by atoms with Crippen LogP contribution in [0.25, 0.3) is 16.7 Å². The molecule has 1 aliphatic carbocycles. The molecule has 1 atom stereocenters. The number of hydrogen-bond acceptors (Lipinski definition) is 7. The van der Waals surface area contributed by atoms with Gasteiger partial charge in [-0.05, 0) is 62.8 Å². The highest BCUT2D eigenvalue weighted by molar-refractivity contribution is 6.30. The zero-order valence-corrected chi connectivity index (χ0v) is 25.7. The molecule has 236 valence electrons. The van der Waals surface area contributed by atoms with Crippen LogP contribution in [0.2, 0.25) is 5.02 Å². The van der Waals surface area contributed by atoms with E-state index in [-0.39, 0.29) is 36.8 Å². The van der Waals surface area contributed by atoms with Crippen LogP contribution in [0, 0.1) is 12.8 Å². The van der Waals surface area contributed by atoms with Crippen molar-refractivity contribution in [2.75, 3.05) is 26.4 Å². The normalized spacial score (nSPS) is 20.2. The maximum Gasteiger partial charge on any atom is 0.407 e. The number of amides is 2. The molecule has 4 aromatic rings. The second-order valence-electron chi connectivity index (χ2n) is 11.6. The lowest BCUT2D eigenvalue weighted by atomic mass is 9.85. The highest BCUT2D eigenvalue weighted by Crippen LogP contribution is 2.28. The van der Waals surface area contributed by atoms with Crippen LogP contribution in [0.15, 0.2) is 59.7 Å². The fraction of sp³-hybridized carbons (Fsp3) is 0.406. The summed E-state index contributed by atoms with van der Waals surface area (Å²) in [5.74, 6) is 0.449. The summed E-state index contributed by atoms with van der Waals surface area (Å²) in [4.78, 5) is 48.1. The van der Waals surface area contributed by atoms with E-state index in [1.807, 2.05) is 28.8 Å². The predicted molar refractivity (Wildman–Crippen MR) is 167 cm³/mol. The number of imidazole rings is 1. The SMILES string of the molecule is Cc1ncc(Cl)cc1C(=O)NC1CCC(Cn2c(=O)n(-c3ccc(OCC4COCCN4C(=O)O)nc3)c3ccccc32)CC1. The van der Waals surface area contributed by atoms with Crippen LogP contribution in [0.4, 0.5) is 4.79 Å². The molecule has 0 radical (unpaired) electrons. The van der Waals surface area contributed by atoms with Crippen molar-refractivity contribution in [3.8, 4) is 11.6 Å². The number of ether oxygens (including phenoxy) is 2. The fourth-order valence-electron chi connectivity index (χ4n) is 6.20. The van der Waals surface area contributed by atoms with Gasteiger partial charge in [-0.3, -0.25) is 23.8 Å². The minimum atomic E-state index is -1.01. The number of aryl methyl sites for hydroxylation is 1. The topological polar surface area (TPSA) is 141 Å². The molecule has 1 unspecified atom stereocenters. The molecule has 13 heteroatoms. The number of nitrogens with one attached hydrogen (secondary N) is 1. The molecule has 1 saturated carbocycles. The molecular formula is C32H35ClN6O6. The standard InChI is InChI=1S/C32H35ClN6O6/c1-20-26(14-22(33)15-34-20)30(40)36-23-8-6-21(7-9-23)17-38-27-4-2-3-5-28(27)39(31(38)41)24-10-11-29(35-16-24)45-19-25-18-44-13-12-37(25)32(42)43/h2-5,10-11,14-16,21,23,25H,6-9,12-13,17-19H2,1H3,(H,36,40)(H,42,43). The van der Waals surface area contributed by atoms with Crippen molar-refractivity contribution in [3.05, 3.63) is 81.6 Å². The maximum atomic E-state index is 13.8. The molecule has 4 heterocycles. The van der Waals surface area contributed by atoms with Crippen molar-refractivity contribution in [1.82, 2.24) is 29.3 Å². The number of carboxylic acid groups (broad SMARTS) is 1. The number of nitrogens with zero attached hydrogens (tertiary/aromatic N) is 5. The summed E-state index contributed by atoms with van der Waals surface area (Å²) in [6.07, 6.45) is 5.51. The molecule has 0 bridgehead atoms. The van der Waals surface area contributed by atoms with E-state index in [1.165, 1.54) is 11.1 Å². The zero-order chi connectivity index (χ0) is 31.5. The molecule has 0 spiro atoms. The van der Waals surface area contributed by atoms with Crippen molar-refractivity contribution in [2.45, 2.75) is 51.2 Å². The van der Waals surface area contributed by atoms with Gasteiger partial charge < -0.3 is 19.9 Å². The summed E-state index contributed by atoms with van der Waals surface area (Å²) in [6, 6.07) is 12.4. The van der Waals surface area contributed by atoms with Gasteiger partial charge in [-0.25, -0.2) is 14.6 Å². The Bertz CT molecular complexity index is 1750. The lowest BCUT2D eigenvalue weighted by molar-refractivity contribution is -0.0153. The van der Waals surface area contributed by atoms with Gasteiger partial charge in [0.2, 0.25) is 5.88 Å². The number of rotatable bonds is 8. The summed E-state index contributed by atoms with van der Waals surface area (Å²) in [5.41, 5.74) is 3.20. The average molecular weight is 635 g/mol. The van der Waals surface area contributed by atoms with E-state index >= 15 is 0 Å². The van der Waals surface area contributed by atoms with Gasteiger partial charge >= 0.3 is 11.8 Å². The molecule has 6 rings (SSSR count). The monoisotopic (exact) mass is 634 g/mol. The Balaban J connectivity index is 1.12. The first-order chi connectivity index (χ1) is 21.8. The third kappa shape index (κ3) is 6.66. The van der Waals surface area contributed by atoms with Gasteiger partial charge in [0.05, 0.1) is 58.5 Å². The molecule has 3 aromatic heterocycles. The van der Waals surface area contributed by atoms with E-state index in [9.17, 15) is 19.5 Å². The number of carbonyl (C=O) groups excluding carboxylic acids is 1. The zero-order valence-electron chi connectivity index (χ0n) is 24.9. The molecule has 1 aromatic carbocycles. The van der Waals surface area contributed by atoms with Crippen molar-refractivity contribution in [2.24, 2.45) is 5.92 Å². The first kappa shape index (κ1) is 30.6. The van der Waals surface area contributed by atoms with Gasteiger partial charge in [0.15, 0.2) is 0 Å². The predicted octanol–water partition coefficient (Wildman–Crippen LogP) is 4.29. The molecule has 2 fully saturated rings.